The summed E-state index contributed by atoms with van der Waals surface area (Å²) in [4.78, 5) is 18.3. The standard InChI is InChI=1S/C16H20N2O2/c1-18(15-7-2-3-8-15)16(20)14-10-13(11-17-12-14)6-4-5-9-19/h10-12,15,19H,2-3,5,7-9H2,1H3. The van der Waals surface area contributed by atoms with Gasteiger partial charge in [0.2, 0.25) is 0 Å². The van der Waals surface area contributed by atoms with E-state index in [1.165, 1.54) is 12.8 Å². The molecule has 106 valence electrons. The maximum absolute atomic E-state index is 12.4. The van der Waals surface area contributed by atoms with E-state index < -0.39 is 0 Å². The van der Waals surface area contributed by atoms with Gasteiger partial charge < -0.3 is 10.0 Å². The average molecular weight is 272 g/mol. The van der Waals surface area contributed by atoms with Gasteiger partial charge in [-0.1, -0.05) is 24.7 Å². The molecule has 1 fully saturated rings. The topological polar surface area (TPSA) is 53.4 Å². The van der Waals surface area contributed by atoms with E-state index in [1.54, 1.807) is 18.5 Å². The van der Waals surface area contributed by atoms with Gasteiger partial charge in [0, 0.05) is 37.5 Å². The Bertz CT molecular complexity index is 525. The van der Waals surface area contributed by atoms with Crippen molar-refractivity contribution in [2.75, 3.05) is 13.7 Å². The Morgan fingerprint density at radius 2 is 2.20 bits per heavy atom. The zero-order valence-corrected chi connectivity index (χ0v) is 11.8. The van der Waals surface area contributed by atoms with Crippen molar-refractivity contribution in [3.63, 3.8) is 0 Å². The minimum atomic E-state index is 0.00945. The van der Waals surface area contributed by atoms with Crippen LogP contribution in [0.2, 0.25) is 0 Å². The molecule has 1 saturated carbocycles. The Morgan fingerprint density at radius 3 is 2.90 bits per heavy atom. The highest BCUT2D eigenvalue weighted by atomic mass is 16.2. The summed E-state index contributed by atoms with van der Waals surface area (Å²) in [5.41, 5.74) is 1.29. The van der Waals surface area contributed by atoms with E-state index in [1.807, 2.05) is 11.9 Å². The van der Waals surface area contributed by atoms with Gasteiger partial charge in [-0.05, 0) is 18.9 Å². The molecule has 0 aromatic carbocycles. The first-order chi connectivity index (χ1) is 9.72. The highest BCUT2D eigenvalue weighted by molar-refractivity contribution is 5.94. The lowest BCUT2D eigenvalue weighted by Crippen LogP contribution is -2.35. The SMILES string of the molecule is CN(C(=O)c1cncc(C#CCCO)c1)C1CCCC1. The van der Waals surface area contributed by atoms with Gasteiger partial charge in [0.1, 0.15) is 0 Å². The van der Waals surface area contributed by atoms with Crippen LogP contribution in [0.1, 0.15) is 48.0 Å². The van der Waals surface area contributed by atoms with Crippen LogP contribution in [0, 0.1) is 11.8 Å². The van der Waals surface area contributed by atoms with Crippen LogP contribution in [0.3, 0.4) is 0 Å². The van der Waals surface area contributed by atoms with Crippen molar-refractivity contribution in [1.29, 1.82) is 0 Å². The van der Waals surface area contributed by atoms with Crippen LogP contribution in [-0.4, -0.2) is 40.6 Å². The minimum Gasteiger partial charge on any atom is -0.395 e. The van der Waals surface area contributed by atoms with Crippen LogP contribution >= 0.6 is 0 Å². The van der Waals surface area contributed by atoms with Gasteiger partial charge in [-0.25, -0.2) is 0 Å². The van der Waals surface area contributed by atoms with Crippen molar-refractivity contribution in [1.82, 2.24) is 9.88 Å². The number of amides is 1. The van der Waals surface area contributed by atoms with Crippen molar-refractivity contribution in [3.8, 4) is 11.8 Å². The van der Waals surface area contributed by atoms with Gasteiger partial charge in [0.25, 0.3) is 5.91 Å². The molecular formula is C16H20N2O2. The summed E-state index contributed by atoms with van der Waals surface area (Å²) < 4.78 is 0. The van der Waals surface area contributed by atoms with Crippen LogP contribution < -0.4 is 0 Å². The molecule has 4 nitrogen and oxygen atoms in total. The summed E-state index contributed by atoms with van der Waals surface area (Å²) in [7, 11) is 1.86. The highest BCUT2D eigenvalue weighted by Gasteiger charge is 2.24. The van der Waals surface area contributed by atoms with Gasteiger partial charge in [-0.15, -0.1) is 0 Å². The number of hydrogen-bond acceptors (Lipinski definition) is 3. The van der Waals surface area contributed by atoms with Gasteiger partial charge in [0.15, 0.2) is 0 Å². The largest absolute Gasteiger partial charge is 0.395 e. The van der Waals surface area contributed by atoms with E-state index >= 15 is 0 Å². The maximum atomic E-state index is 12.4. The van der Waals surface area contributed by atoms with Crippen LogP contribution in [0.25, 0.3) is 0 Å². The summed E-state index contributed by atoms with van der Waals surface area (Å²) in [6.45, 7) is 0.0451. The number of aromatic nitrogens is 1. The minimum absolute atomic E-state index is 0.00945. The van der Waals surface area contributed by atoms with Gasteiger partial charge >= 0.3 is 0 Å². The van der Waals surface area contributed by atoms with E-state index in [9.17, 15) is 4.79 Å². The van der Waals surface area contributed by atoms with Crippen LogP contribution in [0.15, 0.2) is 18.5 Å². The number of aliphatic hydroxyl groups excluding tert-OH is 1. The Morgan fingerprint density at radius 1 is 1.45 bits per heavy atom. The molecule has 1 aromatic heterocycles. The molecule has 1 heterocycles. The fourth-order valence-electron chi connectivity index (χ4n) is 2.51. The smallest absolute Gasteiger partial charge is 0.255 e. The molecule has 0 radical (unpaired) electrons. The lowest BCUT2D eigenvalue weighted by atomic mass is 10.1. The Hall–Kier alpha value is -1.86. The van der Waals surface area contributed by atoms with E-state index in [2.05, 4.69) is 16.8 Å². The van der Waals surface area contributed by atoms with Gasteiger partial charge in [-0.2, -0.15) is 0 Å². The Labute approximate surface area is 119 Å². The molecule has 1 aromatic rings. The van der Waals surface area contributed by atoms with Crippen molar-refractivity contribution in [2.45, 2.75) is 38.1 Å². The maximum Gasteiger partial charge on any atom is 0.255 e. The second-order valence-electron chi connectivity index (χ2n) is 5.09. The van der Waals surface area contributed by atoms with E-state index in [0.717, 1.165) is 12.8 Å². The molecule has 0 bridgehead atoms. The van der Waals surface area contributed by atoms with Crippen molar-refractivity contribution < 1.29 is 9.90 Å². The molecule has 0 atom stereocenters. The molecule has 1 N–H and O–H groups in total. The summed E-state index contributed by atoms with van der Waals surface area (Å²) in [6, 6.07) is 2.12. The third kappa shape index (κ3) is 3.58. The second kappa shape index (κ2) is 7.06. The molecule has 20 heavy (non-hydrogen) atoms. The zero-order chi connectivity index (χ0) is 14.4. The third-order valence-corrected chi connectivity index (χ3v) is 3.65. The Balaban J connectivity index is 2.10. The number of carbonyl (C=O) groups excluding carboxylic acids is 1. The highest BCUT2D eigenvalue weighted by Crippen LogP contribution is 2.23. The first kappa shape index (κ1) is 14.5. The van der Waals surface area contributed by atoms with Crippen LogP contribution in [-0.2, 0) is 0 Å². The monoisotopic (exact) mass is 272 g/mol. The molecule has 1 aliphatic rings. The molecule has 0 saturated heterocycles. The fraction of sp³-hybridized carbons (Fsp3) is 0.500. The molecular weight excluding hydrogens is 252 g/mol. The molecule has 0 aliphatic heterocycles. The Kier molecular flexibility index (Phi) is 5.14. The number of carbonyl (C=O) groups is 1. The average Bonchev–Trinajstić information content (AvgIpc) is 3.00. The molecule has 0 spiro atoms. The second-order valence-corrected chi connectivity index (χ2v) is 5.09. The molecule has 1 aliphatic carbocycles. The van der Waals surface area contributed by atoms with E-state index in [0.29, 0.717) is 23.6 Å². The quantitative estimate of drug-likeness (QED) is 0.854. The first-order valence-electron chi connectivity index (χ1n) is 7.04. The summed E-state index contributed by atoms with van der Waals surface area (Å²) >= 11 is 0. The van der Waals surface area contributed by atoms with Crippen LogP contribution in [0.5, 0.6) is 0 Å². The number of aliphatic hydroxyl groups is 1. The molecule has 0 unspecified atom stereocenters. The van der Waals surface area contributed by atoms with Crippen molar-refractivity contribution in [3.05, 3.63) is 29.6 Å². The van der Waals surface area contributed by atoms with Gasteiger partial charge in [-0.3, -0.25) is 9.78 Å². The number of rotatable bonds is 3. The third-order valence-electron chi connectivity index (χ3n) is 3.65. The molecule has 1 amide bonds. The molecule has 4 heteroatoms. The lowest BCUT2D eigenvalue weighted by Gasteiger charge is -2.24. The zero-order valence-electron chi connectivity index (χ0n) is 11.8. The number of pyridine rings is 1. The normalized spacial score (nSPS) is 14.7. The van der Waals surface area contributed by atoms with E-state index in [4.69, 9.17) is 5.11 Å². The van der Waals surface area contributed by atoms with Crippen molar-refractivity contribution >= 4 is 5.91 Å². The van der Waals surface area contributed by atoms with E-state index in [-0.39, 0.29) is 12.5 Å². The molecule has 2 rings (SSSR count). The van der Waals surface area contributed by atoms with Crippen molar-refractivity contribution in [2.24, 2.45) is 0 Å². The predicted octanol–water partition coefficient (Wildman–Crippen LogP) is 1.83. The first-order valence-corrected chi connectivity index (χ1v) is 7.04. The summed E-state index contributed by atoms with van der Waals surface area (Å²) in [6.07, 6.45) is 8.24. The number of hydrogen-bond donors (Lipinski definition) is 1. The summed E-state index contributed by atoms with van der Waals surface area (Å²) in [5, 5.41) is 8.70. The predicted molar refractivity (Wildman–Crippen MR) is 77.2 cm³/mol. The fourth-order valence-corrected chi connectivity index (χ4v) is 2.51. The van der Waals surface area contributed by atoms with Crippen LogP contribution in [0.4, 0.5) is 0 Å². The lowest BCUT2D eigenvalue weighted by molar-refractivity contribution is 0.0734. The van der Waals surface area contributed by atoms with Gasteiger partial charge in [0.05, 0.1) is 12.2 Å². The number of nitrogens with zero attached hydrogens (tertiary/aromatic N) is 2. The summed E-state index contributed by atoms with van der Waals surface area (Å²) in [5.74, 6) is 5.75.